The molecule has 0 radical (unpaired) electrons. The lowest BCUT2D eigenvalue weighted by atomic mass is 10.6. The van der Waals surface area contributed by atoms with Crippen molar-refractivity contribution in [1.29, 1.82) is 0 Å². The van der Waals surface area contributed by atoms with Crippen LogP contribution in [0.15, 0.2) is 12.3 Å². The quantitative estimate of drug-likeness (QED) is 0.364. The number of hydrogen-bond acceptors (Lipinski definition) is 3. The second-order valence-corrected chi connectivity index (χ2v) is 3.79. The zero-order chi connectivity index (χ0) is 9.78. The number of carbonyl (C=O) groups is 1. The van der Waals surface area contributed by atoms with E-state index in [0.29, 0.717) is 12.1 Å². The first-order valence-corrected chi connectivity index (χ1v) is 4.93. The molecule has 1 saturated heterocycles. The monoisotopic (exact) mass is 193 g/mol. The SMILES string of the molecule is C=C1NC1=O.CCCS(=O)(=O)O. The van der Waals surface area contributed by atoms with E-state index in [1.54, 1.807) is 6.92 Å². The third-order valence-corrected chi connectivity index (χ3v) is 1.86. The van der Waals surface area contributed by atoms with Gasteiger partial charge in [-0.05, 0) is 6.42 Å². The van der Waals surface area contributed by atoms with Crippen molar-refractivity contribution in [3.05, 3.63) is 12.3 Å². The van der Waals surface area contributed by atoms with E-state index in [-0.39, 0.29) is 11.7 Å². The predicted molar refractivity (Wildman–Crippen MR) is 44.0 cm³/mol. The Balaban J connectivity index is 0.000000211. The van der Waals surface area contributed by atoms with Crippen molar-refractivity contribution in [2.45, 2.75) is 13.3 Å². The smallest absolute Gasteiger partial charge is 0.271 e. The lowest BCUT2D eigenvalue weighted by Gasteiger charge is -1.85. The van der Waals surface area contributed by atoms with Crippen molar-refractivity contribution in [3.8, 4) is 0 Å². The summed E-state index contributed by atoms with van der Waals surface area (Å²) in [5, 5.41) is 2.36. The fraction of sp³-hybridized carbons (Fsp3) is 0.500. The Kier molecular flexibility index (Phi) is 3.91. The van der Waals surface area contributed by atoms with E-state index in [1.807, 2.05) is 0 Å². The first kappa shape index (κ1) is 11.1. The summed E-state index contributed by atoms with van der Waals surface area (Å²) in [5.41, 5.74) is 0.532. The number of hydrogen-bond donors (Lipinski definition) is 2. The van der Waals surface area contributed by atoms with Crippen LogP contribution in [-0.4, -0.2) is 24.6 Å². The molecule has 1 fully saturated rings. The van der Waals surface area contributed by atoms with Gasteiger partial charge in [0.25, 0.3) is 16.0 Å². The summed E-state index contributed by atoms with van der Waals surface area (Å²) >= 11 is 0. The van der Waals surface area contributed by atoms with E-state index in [2.05, 4.69) is 11.9 Å². The van der Waals surface area contributed by atoms with Crippen LogP contribution in [0.2, 0.25) is 0 Å². The minimum atomic E-state index is -3.67. The normalized spacial score (nSPS) is 14.5. The van der Waals surface area contributed by atoms with Gasteiger partial charge in [0, 0.05) is 0 Å². The molecule has 0 aromatic rings. The van der Waals surface area contributed by atoms with Crippen molar-refractivity contribution >= 4 is 16.0 Å². The minimum absolute atomic E-state index is 0.0231. The van der Waals surface area contributed by atoms with Gasteiger partial charge in [-0.25, -0.2) is 0 Å². The van der Waals surface area contributed by atoms with Crippen LogP contribution >= 0.6 is 0 Å². The molecule has 1 aliphatic rings. The zero-order valence-electron chi connectivity index (χ0n) is 6.70. The highest BCUT2D eigenvalue weighted by Gasteiger charge is 2.20. The molecule has 0 saturated carbocycles. The molecule has 1 aliphatic heterocycles. The number of nitrogens with one attached hydrogen (secondary N) is 1. The fourth-order valence-electron chi connectivity index (χ4n) is 0.364. The highest BCUT2D eigenvalue weighted by molar-refractivity contribution is 7.85. The average molecular weight is 193 g/mol. The molecule has 12 heavy (non-hydrogen) atoms. The van der Waals surface area contributed by atoms with Gasteiger partial charge < -0.3 is 5.32 Å². The second-order valence-electron chi connectivity index (χ2n) is 2.22. The maximum Gasteiger partial charge on any atom is 0.271 e. The predicted octanol–water partition coefficient (Wildman–Crippen LogP) is -0.0859. The molecular formula is C6H11NO4S. The van der Waals surface area contributed by atoms with Crippen LogP contribution in [0, 0.1) is 0 Å². The van der Waals surface area contributed by atoms with Gasteiger partial charge in [0.05, 0.1) is 11.4 Å². The van der Waals surface area contributed by atoms with Crippen molar-refractivity contribution in [2.24, 2.45) is 0 Å². The lowest BCUT2D eigenvalue weighted by molar-refractivity contribution is -0.109. The first-order valence-electron chi connectivity index (χ1n) is 3.32. The minimum Gasteiger partial charge on any atom is -0.317 e. The molecule has 1 heterocycles. The molecule has 5 nitrogen and oxygen atoms in total. The molecule has 0 unspecified atom stereocenters. The van der Waals surface area contributed by atoms with E-state index in [4.69, 9.17) is 4.55 Å². The van der Waals surface area contributed by atoms with Crippen molar-refractivity contribution in [3.63, 3.8) is 0 Å². The van der Waals surface area contributed by atoms with Crippen LogP contribution in [0.5, 0.6) is 0 Å². The first-order chi connectivity index (χ1) is 5.37. The molecule has 0 spiro atoms. The zero-order valence-corrected chi connectivity index (χ0v) is 7.52. The third kappa shape index (κ3) is 7.23. The second kappa shape index (κ2) is 4.22. The molecule has 2 N–H and O–H groups in total. The number of carbonyl (C=O) groups excluding carboxylic acids is 1. The average Bonchev–Trinajstić information content (AvgIpc) is 2.43. The third-order valence-electron chi connectivity index (χ3n) is 0.938. The molecule has 0 aromatic carbocycles. The number of rotatable bonds is 2. The van der Waals surface area contributed by atoms with Gasteiger partial charge in [0.1, 0.15) is 0 Å². The maximum atomic E-state index is 9.79. The topological polar surface area (TPSA) is 93.4 Å². The standard InChI is InChI=1S/C3H3NO.C3H8O3S/c1-2-3(5)4-2;1-2-3-7(4,5)6/h1H2,(H,4,5);2-3H2,1H3,(H,4,5,6). The van der Waals surface area contributed by atoms with Crippen LogP contribution in [0.3, 0.4) is 0 Å². The Morgan fingerprint density at radius 1 is 1.58 bits per heavy atom. The summed E-state index contributed by atoms with van der Waals surface area (Å²) in [7, 11) is -3.67. The van der Waals surface area contributed by atoms with Gasteiger partial charge in [-0.1, -0.05) is 13.5 Å². The molecule has 70 valence electrons. The number of amides is 1. The molecule has 0 aromatic heterocycles. The van der Waals surface area contributed by atoms with Crippen LogP contribution in [-0.2, 0) is 14.9 Å². The Morgan fingerprint density at radius 2 is 1.92 bits per heavy atom. The Hall–Kier alpha value is -0.880. The van der Waals surface area contributed by atoms with Crippen molar-refractivity contribution in [2.75, 3.05) is 5.75 Å². The van der Waals surface area contributed by atoms with Gasteiger partial charge in [-0.2, -0.15) is 8.42 Å². The highest BCUT2D eigenvalue weighted by atomic mass is 32.2. The summed E-state index contributed by atoms with van der Waals surface area (Å²) < 4.78 is 27.6. The molecule has 1 rings (SSSR count). The fourth-order valence-corrected chi connectivity index (χ4v) is 0.880. The molecule has 0 bridgehead atoms. The molecular weight excluding hydrogens is 182 g/mol. The Labute approximate surface area is 71.2 Å². The van der Waals surface area contributed by atoms with Gasteiger partial charge in [-0.3, -0.25) is 9.35 Å². The maximum absolute atomic E-state index is 9.79. The van der Waals surface area contributed by atoms with E-state index < -0.39 is 10.1 Å². The van der Waals surface area contributed by atoms with E-state index in [1.165, 1.54) is 0 Å². The van der Waals surface area contributed by atoms with Gasteiger partial charge in [0.2, 0.25) is 0 Å². The van der Waals surface area contributed by atoms with Crippen molar-refractivity contribution in [1.82, 2.24) is 5.32 Å². The Bertz CT molecular complexity index is 268. The van der Waals surface area contributed by atoms with Gasteiger partial charge >= 0.3 is 0 Å². The van der Waals surface area contributed by atoms with Gasteiger partial charge in [-0.15, -0.1) is 0 Å². The summed E-state index contributed by atoms with van der Waals surface area (Å²) in [4.78, 5) is 9.68. The van der Waals surface area contributed by atoms with Crippen LogP contribution < -0.4 is 5.32 Å². The van der Waals surface area contributed by atoms with Crippen LogP contribution in [0.25, 0.3) is 0 Å². The highest BCUT2D eigenvalue weighted by Crippen LogP contribution is 1.96. The summed E-state index contributed by atoms with van der Waals surface area (Å²) in [6.07, 6.45) is 0.471. The van der Waals surface area contributed by atoms with Gasteiger partial charge in [0.15, 0.2) is 0 Å². The summed E-state index contributed by atoms with van der Waals surface area (Å²) in [5.74, 6) is -0.155. The van der Waals surface area contributed by atoms with E-state index in [9.17, 15) is 13.2 Å². The summed E-state index contributed by atoms with van der Waals surface area (Å²) in [6, 6.07) is 0. The largest absolute Gasteiger partial charge is 0.317 e. The van der Waals surface area contributed by atoms with E-state index >= 15 is 0 Å². The lowest BCUT2D eigenvalue weighted by Crippen LogP contribution is -2.01. The van der Waals surface area contributed by atoms with Crippen molar-refractivity contribution < 1.29 is 17.8 Å². The van der Waals surface area contributed by atoms with Crippen LogP contribution in [0.1, 0.15) is 13.3 Å². The molecule has 0 atom stereocenters. The molecule has 6 heteroatoms. The molecule has 1 amide bonds. The Morgan fingerprint density at radius 3 is 1.92 bits per heavy atom. The summed E-state index contributed by atoms with van der Waals surface area (Å²) in [6.45, 7) is 4.98. The molecule has 0 aliphatic carbocycles. The van der Waals surface area contributed by atoms with E-state index in [0.717, 1.165) is 0 Å². The van der Waals surface area contributed by atoms with Crippen LogP contribution in [0.4, 0.5) is 0 Å².